The smallest absolute Gasteiger partial charge is 0.326 e. The van der Waals surface area contributed by atoms with Crippen molar-refractivity contribution < 1.29 is 19.5 Å². The van der Waals surface area contributed by atoms with Gasteiger partial charge in [0, 0.05) is 36.6 Å². The van der Waals surface area contributed by atoms with Crippen LogP contribution in [0, 0.1) is 0 Å². The van der Waals surface area contributed by atoms with Gasteiger partial charge < -0.3 is 25.6 Å². The molecule has 8 heteroatoms. The number of aromatic nitrogens is 1. The summed E-state index contributed by atoms with van der Waals surface area (Å²) in [7, 11) is 0. The molecule has 1 unspecified atom stereocenters. The zero-order chi connectivity index (χ0) is 25.3. The van der Waals surface area contributed by atoms with Gasteiger partial charge in [0.05, 0.1) is 6.54 Å². The van der Waals surface area contributed by atoms with E-state index in [1.54, 1.807) is 11.1 Å². The van der Waals surface area contributed by atoms with Crippen molar-refractivity contribution in [1.29, 1.82) is 0 Å². The molecule has 0 spiro atoms. The second-order valence-corrected chi connectivity index (χ2v) is 8.50. The van der Waals surface area contributed by atoms with Gasteiger partial charge in [0.2, 0.25) is 5.91 Å². The SMILES string of the molecule is O=C(NCC(=O)N(Cc1ccccc1)Cc1ccccc1)NC(Cc1c[nH]c2ccccc12)C(=O)O. The lowest BCUT2D eigenvalue weighted by molar-refractivity contribution is -0.139. The Morgan fingerprint density at radius 2 is 1.42 bits per heavy atom. The topological polar surface area (TPSA) is 115 Å². The molecule has 0 aliphatic heterocycles. The van der Waals surface area contributed by atoms with Crippen LogP contribution >= 0.6 is 0 Å². The molecule has 4 N–H and O–H groups in total. The number of benzene rings is 3. The Morgan fingerprint density at radius 1 is 0.833 bits per heavy atom. The Kier molecular flexibility index (Phi) is 7.97. The molecule has 3 amide bonds. The molecule has 4 aromatic rings. The Bertz CT molecular complexity index is 1280. The Hall–Kier alpha value is -4.59. The third-order valence-electron chi connectivity index (χ3n) is 5.89. The molecule has 3 aromatic carbocycles. The first kappa shape index (κ1) is 24.5. The number of hydrogen-bond acceptors (Lipinski definition) is 3. The van der Waals surface area contributed by atoms with Gasteiger partial charge in [-0.15, -0.1) is 0 Å². The molecule has 0 saturated heterocycles. The molecule has 0 saturated carbocycles. The van der Waals surface area contributed by atoms with Crippen molar-refractivity contribution in [2.24, 2.45) is 0 Å². The van der Waals surface area contributed by atoms with Crippen molar-refractivity contribution in [2.75, 3.05) is 6.54 Å². The molecule has 0 fully saturated rings. The van der Waals surface area contributed by atoms with Crippen molar-refractivity contribution >= 4 is 28.8 Å². The van der Waals surface area contributed by atoms with Crippen LogP contribution in [0.3, 0.4) is 0 Å². The molecule has 4 rings (SSSR count). The summed E-state index contributed by atoms with van der Waals surface area (Å²) < 4.78 is 0. The molecule has 0 bridgehead atoms. The zero-order valence-corrected chi connectivity index (χ0v) is 19.7. The van der Waals surface area contributed by atoms with Gasteiger partial charge in [-0.3, -0.25) is 4.79 Å². The van der Waals surface area contributed by atoms with Gasteiger partial charge in [0.1, 0.15) is 6.04 Å². The molecule has 36 heavy (non-hydrogen) atoms. The highest BCUT2D eigenvalue weighted by atomic mass is 16.4. The lowest BCUT2D eigenvalue weighted by Gasteiger charge is -2.24. The first-order valence-electron chi connectivity index (χ1n) is 11.7. The van der Waals surface area contributed by atoms with E-state index in [1.807, 2.05) is 84.9 Å². The first-order chi connectivity index (χ1) is 17.5. The molecule has 0 radical (unpaired) electrons. The number of carboxylic acids is 1. The fraction of sp³-hybridized carbons (Fsp3) is 0.179. The van der Waals surface area contributed by atoms with E-state index in [0.29, 0.717) is 13.1 Å². The number of aliphatic carboxylic acids is 1. The van der Waals surface area contributed by atoms with Gasteiger partial charge >= 0.3 is 12.0 Å². The van der Waals surface area contributed by atoms with Crippen molar-refractivity contribution in [1.82, 2.24) is 20.5 Å². The number of urea groups is 1. The van der Waals surface area contributed by atoms with Gasteiger partial charge in [0.15, 0.2) is 0 Å². The number of carboxylic acid groups (broad SMARTS) is 1. The largest absolute Gasteiger partial charge is 0.480 e. The highest BCUT2D eigenvalue weighted by Crippen LogP contribution is 2.19. The third-order valence-corrected chi connectivity index (χ3v) is 5.89. The van der Waals surface area contributed by atoms with E-state index >= 15 is 0 Å². The summed E-state index contributed by atoms with van der Waals surface area (Å²) in [6.45, 7) is 0.511. The Labute approximate surface area is 208 Å². The van der Waals surface area contributed by atoms with Crippen LogP contribution in [0.2, 0.25) is 0 Å². The number of rotatable bonds is 10. The molecule has 1 heterocycles. The van der Waals surface area contributed by atoms with Crippen LogP contribution < -0.4 is 10.6 Å². The number of nitrogens with one attached hydrogen (secondary N) is 3. The van der Waals surface area contributed by atoms with Gasteiger partial charge in [0.25, 0.3) is 0 Å². The summed E-state index contributed by atoms with van der Waals surface area (Å²) in [5.74, 6) is -1.43. The van der Waals surface area contributed by atoms with Gasteiger partial charge in [-0.2, -0.15) is 0 Å². The average molecular weight is 485 g/mol. The number of carbonyl (C=O) groups excluding carboxylic acids is 2. The summed E-state index contributed by atoms with van der Waals surface area (Å²) >= 11 is 0. The molecule has 0 aliphatic carbocycles. The minimum Gasteiger partial charge on any atom is -0.480 e. The van der Waals surface area contributed by atoms with Crippen LogP contribution in [-0.2, 0) is 29.1 Å². The van der Waals surface area contributed by atoms with E-state index in [9.17, 15) is 19.5 Å². The minimum absolute atomic E-state index is 0.106. The number of H-pyrrole nitrogens is 1. The maximum absolute atomic E-state index is 13.0. The molecule has 0 aliphatic rings. The second kappa shape index (κ2) is 11.7. The van der Waals surface area contributed by atoms with Crippen LogP contribution in [0.25, 0.3) is 10.9 Å². The van der Waals surface area contributed by atoms with Crippen molar-refractivity contribution in [3.05, 3.63) is 108 Å². The standard InChI is InChI=1S/C28H28N4O4/c33-26(32(18-20-9-3-1-4-10-20)19-21-11-5-2-6-12-21)17-30-28(36)31-25(27(34)35)15-22-16-29-24-14-8-7-13-23(22)24/h1-14,16,25,29H,15,17-19H2,(H,34,35)(H2,30,31,36). The number of hydrogen-bond donors (Lipinski definition) is 4. The fourth-order valence-electron chi connectivity index (χ4n) is 4.04. The molecular weight excluding hydrogens is 456 g/mol. The van der Waals surface area contributed by atoms with Crippen LogP contribution in [0.5, 0.6) is 0 Å². The summed E-state index contributed by atoms with van der Waals surface area (Å²) in [5.41, 5.74) is 3.61. The summed E-state index contributed by atoms with van der Waals surface area (Å²) in [5, 5.41) is 15.6. The molecule has 1 atom stereocenters. The van der Waals surface area contributed by atoms with Crippen LogP contribution in [0.1, 0.15) is 16.7 Å². The number of nitrogens with zero attached hydrogens (tertiary/aromatic N) is 1. The van der Waals surface area contributed by atoms with Crippen LogP contribution in [0.4, 0.5) is 4.79 Å². The second-order valence-electron chi connectivity index (χ2n) is 8.50. The number of amides is 3. The molecule has 184 valence electrons. The summed E-state index contributed by atoms with van der Waals surface area (Å²) in [6.07, 6.45) is 1.85. The van der Waals surface area contributed by atoms with Crippen LogP contribution in [0.15, 0.2) is 91.1 Å². The van der Waals surface area contributed by atoms with E-state index in [2.05, 4.69) is 15.6 Å². The quantitative estimate of drug-likeness (QED) is 0.275. The lowest BCUT2D eigenvalue weighted by Crippen LogP contribution is -2.49. The third kappa shape index (κ3) is 6.50. The minimum atomic E-state index is -1.16. The zero-order valence-electron chi connectivity index (χ0n) is 19.7. The first-order valence-corrected chi connectivity index (χ1v) is 11.7. The van der Waals surface area contributed by atoms with Crippen molar-refractivity contribution in [3.63, 3.8) is 0 Å². The summed E-state index contributed by atoms with van der Waals surface area (Å²) in [6, 6.07) is 24.9. The van der Waals surface area contributed by atoms with Gasteiger partial charge in [-0.1, -0.05) is 78.9 Å². The molecule has 1 aromatic heterocycles. The summed E-state index contributed by atoms with van der Waals surface area (Å²) in [4.78, 5) is 42.2. The van der Waals surface area contributed by atoms with E-state index < -0.39 is 18.0 Å². The van der Waals surface area contributed by atoms with E-state index in [1.165, 1.54) is 0 Å². The van der Waals surface area contributed by atoms with Gasteiger partial charge in [-0.05, 0) is 22.8 Å². The molecule has 8 nitrogen and oxygen atoms in total. The highest BCUT2D eigenvalue weighted by Gasteiger charge is 2.23. The number of para-hydroxylation sites is 1. The van der Waals surface area contributed by atoms with Gasteiger partial charge in [-0.25, -0.2) is 9.59 Å². The van der Waals surface area contributed by atoms with Crippen molar-refractivity contribution in [2.45, 2.75) is 25.6 Å². The average Bonchev–Trinajstić information content (AvgIpc) is 3.30. The van der Waals surface area contributed by atoms with Crippen LogP contribution in [-0.4, -0.2) is 45.5 Å². The van der Waals surface area contributed by atoms with E-state index in [0.717, 1.165) is 27.6 Å². The normalized spacial score (nSPS) is 11.6. The number of aromatic amines is 1. The predicted octanol–water partition coefficient (Wildman–Crippen LogP) is 3.69. The maximum atomic E-state index is 13.0. The van der Waals surface area contributed by atoms with E-state index in [-0.39, 0.29) is 18.9 Å². The van der Waals surface area contributed by atoms with Crippen molar-refractivity contribution in [3.8, 4) is 0 Å². The monoisotopic (exact) mass is 484 g/mol. The maximum Gasteiger partial charge on any atom is 0.326 e. The number of fused-ring (bicyclic) bond motifs is 1. The predicted molar refractivity (Wildman–Crippen MR) is 137 cm³/mol. The number of carbonyl (C=O) groups is 3. The molecular formula is C28H28N4O4. The Balaban J connectivity index is 1.37. The lowest BCUT2D eigenvalue weighted by atomic mass is 10.1. The fourth-order valence-corrected chi connectivity index (χ4v) is 4.04. The van der Waals surface area contributed by atoms with E-state index in [4.69, 9.17) is 0 Å². The Morgan fingerprint density at radius 3 is 2.03 bits per heavy atom. The highest BCUT2D eigenvalue weighted by molar-refractivity contribution is 5.88.